The molecule has 3 nitrogen and oxygen atoms in total. The molecule has 0 amide bonds. The molecule has 4 atom stereocenters. The van der Waals surface area contributed by atoms with Crippen LogP contribution in [0.1, 0.15) is 112 Å². The molecular formula is C25H52O3Si. The second-order valence-corrected chi connectivity index (χ2v) is 15.7. The van der Waals surface area contributed by atoms with E-state index < -0.39 is 8.32 Å². The predicted molar refractivity (Wildman–Crippen MR) is 128 cm³/mol. The third-order valence-electron chi connectivity index (χ3n) is 7.25. The SMILES string of the molecule is CCCCCCCCCCCCC[C@@H](O[Si](C)(C)C(C)(C)C)[C@H](C)[C@H]1O[C@@H]1CO. The Morgan fingerprint density at radius 2 is 1.38 bits per heavy atom. The van der Waals surface area contributed by atoms with Crippen LogP contribution in [0.15, 0.2) is 0 Å². The highest BCUT2D eigenvalue weighted by atomic mass is 28.4. The second-order valence-electron chi connectivity index (χ2n) is 10.9. The van der Waals surface area contributed by atoms with Crippen molar-refractivity contribution in [2.24, 2.45) is 5.92 Å². The van der Waals surface area contributed by atoms with E-state index in [0.717, 1.165) is 6.42 Å². The predicted octanol–water partition coefficient (Wildman–Crippen LogP) is 7.47. The van der Waals surface area contributed by atoms with E-state index in [2.05, 4.69) is 47.7 Å². The van der Waals surface area contributed by atoms with E-state index in [9.17, 15) is 5.11 Å². The molecule has 0 aromatic rings. The van der Waals surface area contributed by atoms with Gasteiger partial charge >= 0.3 is 0 Å². The molecule has 174 valence electrons. The highest BCUT2D eigenvalue weighted by Crippen LogP contribution is 2.41. The first-order valence-corrected chi connectivity index (χ1v) is 15.5. The standard InChI is InChI=1S/C25H52O3Si/c1-8-9-10-11-12-13-14-15-16-17-18-19-22(21(2)24-23(20-26)27-24)28-29(6,7)25(3,4)5/h21-24,26H,8-20H2,1-7H3/t21-,22+,23+,24+/m0/s1. The van der Waals surface area contributed by atoms with E-state index in [-0.39, 0.29) is 30.0 Å². The first kappa shape index (κ1) is 27.1. The van der Waals surface area contributed by atoms with Crippen LogP contribution in [0.3, 0.4) is 0 Å². The first-order valence-electron chi connectivity index (χ1n) is 12.6. The smallest absolute Gasteiger partial charge is 0.192 e. The van der Waals surface area contributed by atoms with Crippen LogP contribution in [0.2, 0.25) is 18.1 Å². The monoisotopic (exact) mass is 428 g/mol. The molecular weight excluding hydrogens is 376 g/mol. The van der Waals surface area contributed by atoms with Crippen molar-refractivity contribution in [3.63, 3.8) is 0 Å². The molecule has 1 fully saturated rings. The zero-order valence-corrected chi connectivity index (χ0v) is 21.8. The average Bonchev–Trinajstić information content (AvgIpc) is 3.43. The molecule has 1 aliphatic heterocycles. The van der Waals surface area contributed by atoms with Crippen molar-refractivity contribution in [1.29, 1.82) is 0 Å². The van der Waals surface area contributed by atoms with Crippen molar-refractivity contribution in [3.05, 3.63) is 0 Å². The van der Waals surface area contributed by atoms with Crippen molar-refractivity contribution in [3.8, 4) is 0 Å². The van der Waals surface area contributed by atoms with Crippen LogP contribution in [-0.4, -0.2) is 38.3 Å². The molecule has 0 unspecified atom stereocenters. The molecule has 1 N–H and O–H groups in total. The Labute approximate surface area is 183 Å². The minimum atomic E-state index is -1.80. The molecule has 0 aliphatic carbocycles. The number of hydrogen-bond donors (Lipinski definition) is 1. The third kappa shape index (κ3) is 10.3. The van der Waals surface area contributed by atoms with Crippen molar-refractivity contribution in [2.45, 2.75) is 148 Å². The van der Waals surface area contributed by atoms with Crippen molar-refractivity contribution >= 4 is 8.32 Å². The van der Waals surface area contributed by atoms with Gasteiger partial charge in [0.2, 0.25) is 0 Å². The largest absolute Gasteiger partial charge is 0.414 e. The molecule has 0 aromatic heterocycles. The van der Waals surface area contributed by atoms with E-state index in [4.69, 9.17) is 9.16 Å². The van der Waals surface area contributed by atoms with Gasteiger partial charge in [0, 0.05) is 5.92 Å². The van der Waals surface area contributed by atoms with Gasteiger partial charge < -0.3 is 14.3 Å². The van der Waals surface area contributed by atoms with Crippen molar-refractivity contribution in [1.82, 2.24) is 0 Å². The Kier molecular flexibility index (Phi) is 12.6. The molecule has 1 aliphatic rings. The fourth-order valence-electron chi connectivity index (χ4n) is 3.97. The maximum atomic E-state index is 9.39. The van der Waals surface area contributed by atoms with Gasteiger partial charge in [0.25, 0.3) is 0 Å². The Morgan fingerprint density at radius 3 is 1.79 bits per heavy atom. The summed E-state index contributed by atoms with van der Waals surface area (Å²) in [7, 11) is -1.80. The van der Waals surface area contributed by atoms with Gasteiger partial charge in [0.1, 0.15) is 6.10 Å². The fraction of sp³-hybridized carbons (Fsp3) is 1.00. The van der Waals surface area contributed by atoms with E-state index in [0.29, 0.717) is 5.92 Å². The van der Waals surface area contributed by atoms with Gasteiger partial charge in [-0.3, -0.25) is 0 Å². The van der Waals surface area contributed by atoms with E-state index in [1.54, 1.807) is 0 Å². The topological polar surface area (TPSA) is 42.0 Å². The maximum absolute atomic E-state index is 9.39. The van der Waals surface area contributed by atoms with Crippen molar-refractivity contribution < 1.29 is 14.3 Å². The molecule has 1 rings (SSSR count). The van der Waals surface area contributed by atoms with Crippen LogP contribution in [0, 0.1) is 5.92 Å². The number of ether oxygens (including phenoxy) is 1. The summed E-state index contributed by atoms with van der Waals surface area (Å²) in [4.78, 5) is 0. The number of epoxide rings is 1. The molecule has 4 heteroatoms. The molecule has 29 heavy (non-hydrogen) atoms. The highest BCUT2D eigenvalue weighted by Gasteiger charge is 2.47. The van der Waals surface area contributed by atoms with Crippen LogP contribution in [0.5, 0.6) is 0 Å². The lowest BCUT2D eigenvalue weighted by Crippen LogP contribution is -2.46. The number of aliphatic hydroxyl groups excluding tert-OH is 1. The summed E-state index contributed by atoms with van der Waals surface area (Å²) in [6, 6.07) is 0. The molecule has 0 radical (unpaired) electrons. The highest BCUT2D eigenvalue weighted by molar-refractivity contribution is 6.74. The Hall–Kier alpha value is 0.0969. The molecule has 0 bridgehead atoms. The number of aliphatic hydroxyl groups is 1. The summed E-state index contributed by atoms with van der Waals surface area (Å²) < 4.78 is 12.5. The Balaban J connectivity index is 2.31. The Bertz CT molecular complexity index is 419. The lowest BCUT2D eigenvalue weighted by Gasteiger charge is -2.41. The molecule has 1 saturated heterocycles. The molecule has 1 heterocycles. The van der Waals surface area contributed by atoms with Crippen LogP contribution in [-0.2, 0) is 9.16 Å². The zero-order chi connectivity index (χ0) is 21.9. The minimum Gasteiger partial charge on any atom is -0.414 e. The summed E-state index contributed by atoms with van der Waals surface area (Å²) >= 11 is 0. The summed E-state index contributed by atoms with van der Waals surface area (Å²) in [5, 5.41) is 9.61. The van der Waals surface area contributed by atoms with Gasteiger partial charge in [0.15, 0.2) is 8.32 Å². The molecule has 0 saturated carbocycles. The van der Waals surface area contributed by atoms with Crippen molar-refractivity contribution in [2.75, 3.05) is 6.61 Å². The normalized spacial score (nSPS) is 21.9. The fourth-order valence-corrected chi connectivity index (χ4v) is 5.41. The van der Waals surface area contributed by atoms with E-state index in [1.165, 1.54) is 70.6 Å². The van der Waals surface area contributed by atoms with Crippen LogP contribution < -0.4 is 0 Å². The summed E-state index contributed by atoms with van der Waals surface area (Å²) in [6.45, 7) is 16.3. The van der Waals surface area contributed by atoms with Gasteiger partial charge in [-0.25, -0.2) is 0 Å². The number of rotatable bonds is 17. The van der Waals surface area contributed by atoms with Gasteiger partial charge in [-0.05, 0) is 24.6 Å². The Morgan fingerprint density at radius 1 is 0.897 bits per heavy atom. The third-order valence-corrected chi connectivity index (χ3v) is 11.8. The summed E-state index contributed by atoms with van der Waals surface area (Å²) in [6.07, 6.45) is 16.7. The maximum Gasteiger partial charge on any atom is 0.192 e. The quantitative estimate of drug-likeness (QED) is 0.148. The van der Waals surface area contributed by atoms with Crippen LogP contribution >= 0.6 is 0 Å². The van der Waals surface area contributed by atoms with Gasteiger partial charge in [-0.15, -0.1) is 0 Å². The zero-order valence-electron chi connectivity index (χ0n) is 20.8. The second kappa shape index (κ2) is 13.5. The molecule has 0 aromatic carbocycles. The lowest BCUT2D eigenvalue weighted by molar-refractivity contribution is 0.0967. The van der Waals surface area contributed by atoms with Gasteiger partial charge in [-0.2, -0.15) is 0 Å². The van der Waals surface area contributed by atoms with Gasteiger partial charge in [-0.1, -0.05) is 105 Å². The number of unbranched alkanes of at least 4 members (excludes halogenated alkanes) is 10. The van der Waals surface area contributed by atoms with Crippen LogP contribution in [0.25, 0.3) is 0 Å². The van der Waals surface area contributed by atoms with Gasteiger partial charge in [0.05, 0.1) is 18.8 Å². The van der Waals surface area contributed by atoms with E-state index >= 15 is 0 Å². The molecule has 0 spiro atoms. The average molecular weight is 429 g/mol. The summed E-state index contributed by atoms with van der Waals surface area (Å²) in [5.41, 5.74) is 0. The number of hydrogen-bond acceptors (Lipinski definition) is 3. The summed E-state index contributed by atoms with van der Waals surface area (Å²) in [5.74, 6) is 0.365. The lowest BCUT2D eigenvalue weighted by atomic mass is 9.94. The minimum absolute atomic E-state index is 0.0350. The van der Waals surface area contributed by atoms with Crippen LogP contribution in [0.4, 0.5) is 0 Å². The van der Waals surface area contributed by atoms with E-state index in [1.807, 2.05) is 0 Å². The first-order chi connectivity index (χ1) is 13.6.